The van der Waals surface area contributed by atoms with E-state index in [-0.39, 0.29) is 0 Å². The van der Waals surface area contributed by atoms with Crippen LogP contribution >= 0.6 is 11.3 Å². The van der Waals surface area contributed by atoms with Gasteiger partial charge in [-0.15, -0.1) is 11.3 Å². The van der Waals surface area contributed by atoms with Gasteiger partial charge >= 0.3 is 0 Å². The smallest absolute Gasteiger partial charge is 0.143 e. The lowest BCUT2D eigenvalue weighted by molar-refractivity contribution is 0.502. The van der Waals surface area contributed by atoms with Gasteiger partial charge in [0.25, 0.3) is 0 Å². The van der Waals surface area contributed by atoms with Crippen molar-refractivity contribution in [2.75, 3.05) is 0 Å². The third kappa shape index (κ3) is 4.39. The van der Waals surface area contributed by atoms with Gasteiger partial charge < -0.3 is 5.32 Å². The van der Waals surface area contributed by atoms with Gasteiger partial charge in [-0.3, -0.25) is 10.1 Å². The van der Waals surface area contributed by atoms with Crippen LogP contribution in [-0.2, 0) is 0 Å². The molecule has 2 N–H and O–H groups in total. The van der Waals surface area contributed by atoms with E-state index in [0.717, 1.165) is 74.7 Å². The number of nitrogens with zero attached hydrogens (tertiary/aromatic N) is 3. The van der Waals surface area contributed by atoms with Crippen LogP contribution < -0.4 is 5.32 Å². The first-order valence-corrected chi connectivity index (χ1v) is 11.7. The Morgan fingerprint density at radius 2 is 1.97 bits per heavy atom. The highest BCUT2D eigenvalue weighted by Gasteiger charge is 2.21. The number of H-pyrrole nitrogens is 1. The number of aromatic nitrogens is 4. The van der Waals surface area contributed by atoms with E-state index in [2.05, 4.69) is 72.1 Å². The largest absolute Gasteiger partial charge is 0.381 e. The normalized spacial score (nSPS) is 11.4. The number of rotatable bonds is 9. The first-order valence-electron chi connectivity index (χ1n) is 10.9. The molecule has 3 aromatic heterocycles. The summed E-state index contributed by atoms with van der Waals surface area (Å²) in [6.45, 7) is 10.9. The number of aromatic amines is 1. The molecule has 0 aliphatic rings. The third-order valence-electron chi connectivity index (χ3n) is 5.49. The van der Waals surface area contributed by atoms with Gasteiger partial charge in [0, 0.05) is 29.4 Å². The summed E-state index contributed by atoms with van der Waals surface area (Å²) in [7, 11) is 0. The Morgan fingerprint density at radius 3 is 2.68 bits per heavy atom. The molecule has 4 aromatic rings. The molecule has 0 atom stereocenters. The van der Waals surface area contributed by atoms with Gasteiger partial charge in [-0.25, -0.2) is 4.98 Å². The quantitative estimate of drug-likeness (QED) is 0.314. The molecule has 0 aliphatic carbocycles. The van der Waals surface area contributed by atoms with Gasteiger partial charge in [0.05, 0.1) is 16.1 Å². The minimum atomic E-state index is 0.407. The Morgan fingerprint density at radius 1 is 1.16 bits per heavy atom. The van der Waals surface area contributed by atoms with Crippen LogP contribution in [0.2, 0.25) is 0 Å². The van der Waals surface area contributed by atoms with Gasteiger partial charge in [0.15, 0.2) is 0 Å². The summed E-state index contributed by atoms with van der Waals surface area (Å²) in [5.74, 6) is 0. The van der Waals surface area contributed by atoms with Gasteiger partial charge in [0.1, 0.15) is 16.4 Å². The van der Waals surface area contributed by atoms with E-state index in [1.54, 1.807) is 17.5 Å². The number of hydrogen-bond donors (Lipinski definition) is 2. The number of hydrogen-bond acceptors (Lipinski definition) is 5. The molecule has 6 heteroatoms. The molecule has 160 valence electrons. The molecule has 0 amide bonds. The lowest BCUT2D eigenvalue weighted by atomic mass is 10.1. The van der Waals surface area contributed by atoms with E-state index < -0.39 is 0 Å². The number of pyridine rings is 1. The van der Waals surface area contributed by atoms with E-state index in [0.29, 0.717) is 6.04 Å². The summed E-state index contributed by atoms with van der Waals surface area (Å²) in [6, 6.07) is 10.7. The van der Waals surface area contributed by atoms with Crippen molar-refractivity contribution < 1.29 is 0 Å². The van der Waals surface area contributed by atoms with E-state index in [9.17, 15) is 0 Å². The molecule has 3 heterocycles. The highest BCUT2D eigenvalue weighted by Crippen LogP contribution is 2.39. The minimum Gasteiger partial charge on any atom is -0.381 e. The van der Waals surface area contributed by atoms with Gasteiger partial charge in [-0.2, -0.15) is 5.10 Å². The number of aryl methyl sites for hydroxylation is 1. The molecule has 1 aromatic carbocycles. The molecule has 0 radical (unpaired) electrons. The molecular weight excluding hydrogens is 402 g/mol. The van der Waals surface area contributed by atoms with E-state index in [4.69, 9.17) is 4.98 Å². The highest BCUT2D eigenvalue weighted by atomic mass is 32.1. The Bertz CT molecular complexity index is 1170. The summed E-state index contributed by atoms with van der Waals surface area (Å²) in [4.78, 5) is 10.4. The Kier molecular flexibility index (Phi) is 6.47. The second kappa shape index (κ2) is 9.43. The molecule has 0 saturated heterocycles. The molecule has 0 saturated carbocycles. The molecule has 0 fully saturated rings. The topological polar surface area (TPSA) is 66.5 Å². The van der Waals surface area contributed by atoms with Crippen molar-refractivity contribution in [3.05, 3.63) is 60.6 Å². The maximum Gasteiger partial charge on any atom is 0.143 e. The average molecular weight is 432 g/mol. The second-order valence-corrected chi connectivity index (χ2v) is 8.90. The maximum atomic E-state index is 5.04. The number of thiazole rings is 1. The van der Waals surface area contributed by atoms with Crippen LogP contribution in [0.3, 0.4) is 0 Å². The van der Waals surface area contributed by atoms with Crippen LogP contribution in [0.25, 0.3) is 37.7 Å². The summed E-state index contributed by atoms with van der Waals surface area (Å²) in [5, 5.41) is 13.4. The zero-order valence-electron chi connectivity index (χ0n) is 18.4. The third-order valence-corrected chi connectivity index (χ3v) is 6.61. The Labute approximate surface area is 187 Å². The van der Waals surface area contributed by atoms with Crippen molar-refractivity contribution in [3.63, 3.8) is 0 Å². The van der Waals surface area contributed by atoms with Crippen LogP contribution in [0.4, 0.5) is 0 Å². The molecule has 4 rings (SSSR count). The first-order chi connectivity index (χ1) is 15.1. The van der Waals surface area contributed by atoms with Gasteiger partial charge in [-0.05, 0) is 31.4 Å². The Balaban J connectivity index is 1.78. The zero-order chi connectivity index (χ0) is 21.8. The molecule has 0 bridgehead atoms. The number of fused-ring (bicyclic) bond motifs is 1. The van der Waals surface area contributed by atoms with Crippen molar-refractivity contribution in [2.45, 2.75) is 52.5 Å². The van der Waals surface area contributed by atoms with Crippen LogP contribution in [-0.4, -0.2) is 26.2 Å². The van der Waals surface area contributed by atoms with Crippen molar-refractivity contribution >= 4 is 27.9 Å². The van der Waals surface area contributed by atoms with Crippen LogP contribution in [0.1, 0.15) is 50.8 Å². The maximum absolute atomic E-state index is 5.04. The van der Waals surface area contributed by atoms with Crippen molar-refractivity contribution in [2.24, 2.45) is 0 Å². The second-order valence-electron chi connectivity index (χ2n) is 7.91. The van der Waals surface area contributed by atoms with Crippen LogP contribution in [0.5, 0.6) is 0 Å². The molecule has 0 unspecified atom stereocenters. The SMILES string of the molecule is C=C(NC(CCC)CCC)c1nc(-c2[nH]nc3c(C)cccc23)sc1-c1cccnc1. The minimum absolute atomic E-state index is 0.407. The molecular formula is C25H29N5S. The monoisotopic (exact) mass is 431 g/mol. The van der Waals surface area contributed by atoms with Crippen molar-refractivity contribution in [1.29, 1.82) is 0 Å². The molecule has 5 nitrogen and oxygen atoms in total. The van der Waals surface area contributed by atoms with Crippen LogP contribution in [0, 0.1) is 6.92 Å². The summed E-state index contributed by atoms with van der Waals surface area (Å²) in [6.07, 6.45) is 8.21. The van der Waals surface area contributed by atoms with Gasteiger partial charge in [0.2, 0.25) is 0 Å². The first kappa shape index (κ1) is 21.2. The molecule has 0 spiro atoms. The van der Waals surface area contributed by atoms with Crippen molar-refractivity contribution in [1.82, 2.24) is 25.5 Å². The number of benzene rings is 1. The standard InChI is InChI=1S/C25H29N5S/c1-5-9-19(10-6-2)27-17(4)22-24(18-12-8-14-26-15-18)31-25(28-22)23-20-13-7-11-16(3)21(20)29-30-23/h7-8,11-15,19,27H,4-6,9-10H2,1-3H3,(H,29,30). The lowest BCUT2D eigenvalue weighted by Gasteiger charge is -2.20. The highest BCUT2D eigenvalue weighted by molar-refractivity contribution is 7.18. The fourth-order valence-electron chi connectivity index (χ4n) is 3.97. The van der Waals surface area contributed by atoms with E-state index in [1.807, 2.05) is 12.3 Å². The fourth-order valence-corrected chi connectivity index (χ4v) is 5.06. The van der Waals surface area contributed by atoms with E-state index in [1.165, 1.54) is 0 Å². The lowest BCUT2D eigenvalue weighted by Crippen LogP contribution is -2.27. The fraction of sp³-hybridized carbons (Fsp3) is 0.320. The Hall–Kier alpha value is -2.99. The number of para-hydroxylation sites is 1. The van der Waals surface area contributed by atoms with E-state index >= 15 is 0 Å². The average Bonchev–Trinajstić information content (AvgIpc) is 3.40. The van der Waals surface area contributed by atoms with Crippen LogP contribution in [0.15, 0.2) is 49.3 Å². The molecule has 0 aliphatic heterocycles. The summed E-state index contributed by atoms with van der Waals surface area (Å²) in [5.41, 5.74) is 5.89. The predicted octanol–water partition coefficient (Wildman–Crippen LogP) is 6.59. The zero-order valence-corrected chi connectivity index (χ0v) is 19.2. The van der Waals surface area contributed by atoms with Gasteiger partial charge in [-0.1, -0.05) is 57.5 Å². The number of nitrogens with one attached hydrogen (secondary N) is 2. The van der Waals surface area contributed by atoms with Crippen molar-refractivity contribution in [3.8, 4) is 21.1 Å². The predicted molar refractivity (Wildman–Crippen MR) is 131 cm³/mol. The summed E-state index contributed by atoms with van der Waals surface area (Å²) >= 11 is 1.65. The summed E-state index contributed by atoms with van der Waals surface area (Å²) < 4.78 is 0. The molecule has 31 heavy (non-hydrogen) atoms.